The minimum Gasteiger partial charge on any atom is -0.484 e. The third-order valence-corrected chi connectivity index (χ3v) is 4.58. The number of ether oxygens (including phenoxy) is 1. The lowest BCUT2D eigenvalue weighted by molar-refractivity contribution is -0.118. The number of benzene rings is 3. The molecule has 3 aromatic carbocycles. The summed E-state index contributed by atoms with van der Waals surface area (Å²) < 4.78 is 5.57. The molecule has 3 aromatic rings. The van der Waals surface area contributed by atoms with E-state index < -0.39 is 0 Å². The minimum absolute atomic E-state index is 0.0933. The second-order valence-corrected chi connectivity index (χ2v) is 6.91. The van der Waals surface area contributed by atoms with E-state index in [0.717, 1.165) is 24.0 Å². The number of carbonyl (C=O) groups is 2. The average Bonchev–Trinajstić information content (AvgIpc) is 2.79. The first-order valence-electron chi connectivity index (χ1n) is 10.1. The summed E-state index contributed by atoms with van der Waals surface area (Å²) >= 11 is 0. The molecule has 0 heterocycles. The average molecular weight is 402 g/mol. The van der Waals surface area contributed by atoms with Gasteiger partial charge >= 0.3 is 0 Å². The Kier molecular flexibility index (Phi) is 7.61. The number of nitrogens with one attached hydrogen (secondary N) is 2. The maximum atomic E-state index is 12.2. The van der Waals surface area contributed by atoms with E-state index >= 15 is 0 Å². The van der Waals surface area contributed by atoms with E-state index in [1.54, 1.807) is 24.3 Å². The van der Waals surface area contributed by atoms with Gasteiger partial charge in [0.05, 0.1) is 0 Å². The zero-order chi connectivity index (χ0) is 21.2. The van der Waals surface area contributed by atoms with Crippen LogP contribution in [0.4, 0.5) is 5.69 Å². The zero-order valence-corrected chi connectivity index (χ0v) is 17.1. The van der Waals surface area contributed by atoms with Crippen molar-refractivity contribution in [3.63, 3.8) is 0 Å². The summed E-state index contributed by atoms with van der Waals surface area (Å²) in [6, 6.07) is 24.5. The van der Waals surface area contributed by atoms with Crippen LogP contribution in [0.5, 0.6) is 5.75 Å². The molecule has 0 aromatic heterocycles. The van der Waals surface area contributed by atoms with Crippen LogP contribution >= 0.6 is 0 Å². The smallest absolute Gasteiger partial charge is 0.262 e. The number of hydrogen-bond acceptors (Lipinski definition) is 3. The van der Waals surface area contributed by atoms with Gasteiger partial charge < -0.3 is 15.4 Å². The van der Waals surface area contributed by atoms with Crippen LogP contribution in [0.25, 0.3) is 11.1 Å². The lowest BCUT2D eigenvalue weighted by Gasteiger charge is -2.09. The van der Waals surface area contributed by atoms with Crippen molar-refractivity contribution >= 4 is 17.5 Å². The molecule has 30 heavy (non-hydrogen) atoms. The first-order valence-corrected chi connectivity index (χ1v) is 10.1. The monoisotopic (exact) mass is 402 g/mol. The third kappa shape index (κ3) is 6.21. The Labute approximate surface area is 177 Å². The molecular formula is C25H26N2O3. The van der Waals surface area contributed by atoms with Crippen molar-refractivity contribution in [1.29, 1.82) is 0 Å². The Morgan fingerprint density at radius 1 is 0.833 bits per heavy atom. The molecule has 0 aliphatic carbocycles. The zero-order valence-electron chi connectivity index (χ0n) is 17.1. The molecule has 2 N–H and O–H groups in total. The van der Waals surface area contributed by atoms with Crippen LogP contribution in [0, 0.1) is 0 Å². The molecular weight excluding hydrogens is 376 g/mol. The van der Waals surface area contributed by atoms with Crippen molar-refractivity contribution in [2.45, 2.75) is 19.8 Å². The van der Waals surface area contributed by atoms with Crippen molar-refractivity contribution in [3.8, 4) is 16.9 Å². The molecule has 154 valence electrons. The maximum Gasteiger partial charge on any atom is 0.262 e. The number of hydrogen-bond donors (Lipinski definition) is 2. The summed E-state index contributed by atoms with van der Waals surface area (Å²) in [4.78, 5) is 24.2. The Balaban J connectivity index is 1.47. The van der Waals surface area contributed by atoms with Gasteiger partial charge in [-0.1, -0.05) is 55.8 Å². The Hall–Kier alpha value is -3.60. The van der Waals surface area contributed by atoms with E-state index in [-0.39, 0.29) is 18.4 Å². The predicted molar refractivity (Wildman–Crippen MR) is 120 cm³/mol. The van der Waals surface area contributed by atoms with Gasteiger partial charge in [0.2, 0.25) is 0 Å². The molecule has 5 nitrogen and oxygen atoms in total. The molecule has 0 atom stereocenters. The highest BCUT2D eigenvalue weighted by atomic mass is 16.5. The molecule has 5 heteroatoms. The number of rotatable bonds is 9. The van der Waals surface area contributed by atoms with Gasteiger partial charge in [0.15, 0.2) is 6.61 Å². The SMILES string of the molecule is CCCCNC(=O)c1ccc(NC(=O)COc2ccc(-c3ccccc3)cc2)cc1. The lowest BCUT2D eigenvalue weighted by Crippen LogP contribution is -2.24. The summed E-state index contributed by atoms with van der Waals surface area (Å²) in [6.45, 7) is 2.65. The molecule has 0 saturated carbocycles. The standard InChI is InChI=1S/C25H26N2O3/c1-2-3-17-26-25(29)21-9-13-22(14-10-21)27-24(28)18-30-23-15-11-20(12-16-23)19-7-5-4-6-8-19/h4-16H,2-3,17-18H2,1H3,(H,26,29)(H,27,28). The van der Waals surface area contributed by atoms with Crippen LogP contribution < -0.4 is 15.4 Å². The molecule has 0 aliphatic heterocycles. The molecule has 0 radical (unpaired) electrons. The van der Waals surface area contributed by atoms with Crippen molar-refractivity contribution < 1.29 is 14.3 Å². The van der Waals surface area contributed by atoms with Gasteiger partial charge in [0, 0.05) is 17.8 Å². The first-order chi connectivity index (χ1) is 14.7. The van der Waals surface area contributed by atoms with Crippen LogP contribution in [0.3, 0.4) is 0 Å². The molecule has 0 saturated heterocycles. The van der Waals surface area contributed by atoms with Crippen molar-refractivity contribution in [2.75, 3.05) is 18.5 Å². The van der Waals surface area contributed by atoms with Gasteiger partial charge in [0.25, 0.3) is 11.8 Å². The van der Waals surface area contributed by atoms with E-state index in [2.05, 4.69) is 17.6 Å². The quantitative estimate of drug-likeness (QED) is 0.500. The van der Waals surface area contributed by atoms with E-state index in [4.69, 9.17) is 4.74 Å². The number of anilines is 1. The highest BCUT2D eigenvalue weighted by Crippen LogP contribution is 2.22. The van der Waals surface area contributed by atoms with Crippen molar-refractivity contribution in [3.05, 3.63) is 84.4 Å². The van der Waals surface area contributed by atoms with Crippen LogP contribution in [0.2, 0.25) is 0 Å². The molecule has 0 bridgehead atoms. The van der Waals surface area contributed by atoms with Crippen molar-refractivity contribution in [2.24, 2.45) is 0 Å². The fourth-order valence-electron chi connectivity index (χ4n) is 2.91. The number of unbranched alkanes of at least 4 members (excludes halogenated alkanes) is 1. The molecule has 0 spiro atoms. The van der Waals surface area contributed by atoms with Gasteiger partial charge in [-0.3, -0.25) is 9.59 Å². The normalized spacial score (nSPS) is 10.3. The summed E-state index contributed by atoms with van der Waals surface area (Å²) in [5, 5.41) is 5.64. The van der Waals surface area contributed by atoms with Gasteiger partial charge in [0.1, 0.15) is 5.75 Å². The van der Waals surface area contributed by atoms with E-state index in [1.165, 1.54) is 0 Å². The molecule has 0 aliphatic rings. The third-order valence-electron chi connectivity index (χ3n) is 4.58. The second-order valence-electron chi connectivity index (χ2n) is 6.91. The topological polar surface area (TPSA) is 67.4 Å². The summed E-state index contributed by atoms with van der Waals surface area (Å²) in [5.41, 5.74) is 3.41. The van der Waals surface area contributed by atoms with Gasteiger partial charge in [-0.2, -0.15) is 0 Å². The van der Waals surface area contributed by atoms with Gasteiger partial charge in [-0.25, -0.2) is 0 Å². The highest BCUT2D eigenvalue weighted by Gasteiger charge is 2.07. The maximum absolute atomic E-state index is 12.2. The number of amides is 2. The summed E-state index contributed by atoms with van der Waals surface area (Å²) in [7, 11) is 0. The summed E-state index contributed by atoms with van der Waals surface area (Å²) in [5.74, 6) is 0.259. The molecule has 2 amide bonds. The fourth-order valence-corrected chi connectivity index (χ4v) is 2.91. The molecule has 0 fully saturated rings. The summed E-state index contributed by atoms with van der Waals surface area (Å²) in [6.07, 6.45) is 1.99. The fraction of sp³-hybridized carbons (Fsp3) is 0.200. The Morgan fingerprint density at radius 2 is 1.50 bits per heavy atom. The second kappa shape index (κ2) is 10.8. The van der Waals surface area contributed by atoms with Crippen molar-refractivity contribution in [1.82, 2.24) is 5.32 Å². The molecule has 0 unspecified atom stereocenters. The van der Waals surface area contributed by atoms with Crippen LogP contribution in [0.15, 0.2) is 78.9 Å². The van der Waals surface area contributed by atoms with E-state index in [0.29, 0.717) is 23.5 Å². The van der Waals surface area contributed by atoms with Gasteiger partial charge in [-0.05, 0) is 53.9 Å². The number of carbonyl (C=O) groups excluding carboxylic acids is 2. The first kappa shape index (κ1) is 21.1. The highest BCUT2D eigenvalue weighted by molar-refractivity contribution is 5.96. The van der Waals surface area contributed by atoms with Crippen LogP contribution in [-0.4, -0.2) is 25.0 Å². The Bertz CT molecular complexity index is 952. The Morgan fingerprint density at radius 3 is 2.17 bits per heavy atom. The molecule has 3 rings (SSSR count). The van der Waals surface area contributed by atoms with Gasteiger partial charge in [-0.15, -0.1) is 0 Å². The van der Waals surface area contributed by atoms with Crippen LogP contribution in [0.1, 0.15) is 30.1 Å². The van der Waals surface area contributed by atoms with E-state index in [1.807, 2.05) is 54.6 Å². The van der Waals surface area contributed by atoms with E-state index in [9.17, 15) is 9.59 Å². The largest absolute Gasteiger partial charge is 0.484 e. The minimum atomic E-state index is -0.262. The van der Waals surface area contributed by atoms with Crippen LogP contribution in [-0.2, 0) is 4.79 Å². The lowest BCUT2D eigenvalue weighted by atomic mass is 10.1. The predicted octanol–water partition coefficient (Wildman–Crippen LogP) is 4.90.